The lowest BCUT2D eigenvalue weighted by atomic mass is 9.98. The molecule has 4 aromatic rings. The van der Waals surface area contributed by atoms with E-state index < -0.39 is 23.6 Å². The average Bonchev–Trinajstić information content (AvgIpc) is 3.48. The lowest BCUT2D eigenvalue weighted by Gasteiger charge is -2.09. The third-order valence-corrected chi connectivity index (χ3v) is 6.01. The number of halogens is 1. The van der Waals surface area contributed by atoms with Crippen LogP contribution in [0.25, 0.3) is 32.9 Å². The number of amides is 2. The van der Waals surface area contributed by atoms with Crippen LogP contribution in [0.3, 0.4) is 0 Å². The predicted molar refractivity (Wildman–Crippen MR) is 137 cm³/mol. The molecule has 0 aliphatic rings. The van der Waals surface area contributed by atoms with Gasteiger partial charge in [0.05, 0.1) is 36.6 Å². The van der Waals surface area contributed by atoms with Crippen LogP contribution in [0.2, 0.25) is 0 Å². The van der Waals surface area contributed by atoms with Crippen LogP contribution in [-0.2, 0) is 30.5 Å². The summed E-state index contributed by atoms with van der Waals surface area (Å²) in [6.07, 6.45) is 2.07. The second-order valence-corrected chi connectivity index (χ2v) is 8.62. The molecule has 0 bridgehead atoms. The van der Waals surface area contributed by atoms with Gasteiger partial charge >= 0.3 is 5.97 Å². The van der Waals surface area contributed by atoms with E-state index in [0.29, 0.717) is 39.3 Å². The molecule has 2 aromatic carbocycles. The number of carbonyl (C=O) groups is 5. The molecule has 0 saturated heterocycles. The molecule has 0 aliphatic carbocycles. The third-order valence-electron chi connectivity index (χ3n) is 6.01. The van der Waals surface area contributed by atoms with E-state index in [-0.39, 0.29) is 43.9 Å². The largest absolute Gasteiger partial charge is 0.468 e. The number of aromatic nitrogens is 4. The maximum atomic E-state index is 15.3. The van der Waals surface area contributed by atoms with Gasteiger partial charge in [-0.25, -0.2) is 9.07 Å². The molecule has 0 spiro atoms. The van der Waals surface area contributed by atoms with Crippen molar-refractivity contribution in [3.8, 4) is 11.1 Å². The zero-order valence-electron chi connectivity index (χ0n) is 21.2. The van der Waals surface area contributed by atoms with Crippen molar-refractivity contribution in [3.63, 3.8) is 0 Å². The molecule has 4 rings (SSSR count). The molecule has 12 nitrogen and oxygen atoms in total. The number of carbonyl (C=O) groups excluding carboxylic acids is 5. The van der Waals surface area contributed by atoms with Gasteiger partial charge in [0.2, 0.25) is 17.7 Å². The number of aryl methyl sites for hydroxylation is 1. The molecule has 202 valence electrons. The monoisotopic (exact) mass is 536 g/mol. The Morgan fingerprint density at radius 1 is 1.05 bits per heavy atom. The molecule has 39 heavy (non-hydrogen) atoms. The highest BCUT2D eigenvalue weighted by atomic mass is 19.1. The number of benzene rings is 2. The van der Waals surface area contributed by atoms with Crippen molar-refractivity contribution in [1.82, 2.24) is 30.2 Å². The van der Waals surface area contributed by atoms with Crippen molar-refractivity contribution in [1.29, 1.82) is 0 Å². The number of esters is 1. The van der Waals surface area contributed by atoms with Crippen molar-refractivity contribution < 1.29 is 33.1 Å². The first-order valence-corrected chi connectivity index (χ1v) is 11.9. The van der Waals surface area contributed by atoms with Gasteiger partial charge in [-0.3, -0.25) is 23.9 Å². The smallest absolute Gasteiger partial charge is 0.325 e. The van der Waals surface area contributed by atoms with Crippen LogP contribution in [0, 0.1) is 12.7 Å². The van der Waals surface area contributed by atoms with Gasteiger partial charge in [-0.1, -0.05) is 12.1 Å². The topological polar surface area (TPSA) is 154 Å². The van der Waals surface area contributed by atoms with Gasteiger partial charge in [0, 0.05) is 29.2 Å². The Hall–Kier alpha value is -4.94. The van der Waals surface area contributed by atoms with Crippen molar-refractivity contribution in [2.75, 3.05) is 20.2 Å². The molecule has 0 saturated carbocycles. The third kappa shape index (κ3) is 5.81. The Kier molecular flexibility index (Phi) is 8.08. The van der Waals surface area contributed by atoms with E-state index in [1.165, 1.54) is 30.1 Å². The van der Waals surface area contributed by atoms with Gasteiger partial charge in [-0.05, 0) is 30.7 Å². The molecule has 2 N–H and O–H groups in total. The summed E-state index contributed by atoms with van der Waals surface area (Å²) < 4.78 is 22.3. The van der Waals surface area contributed by atoms with Crippen LogP contribution >= 0.6 is 0 Å². The fourth-order valence-electron chi connectivity index (χ4n) is 4.18. The minimum absolute atomic E-state index is 0.0244. The summed E-state index contributed by atoms with van der Waals surface area (Å²) in [7, 11) is 1.19. The van der Waals surface area contributed by atoms with Crippen molar-refractivity contribution >= 4 is 51.8 Å². The second-order valence-electron chi connectivity index (χ2n) is 8.62. The zero-order valence-corrected chi connectivity index (χ0v) is 21.2. The molecule has 2 heterocycles. The van der Waals surface area contributed by atoms with Crippen LogP contribution < -0.4 is 10.6 Å². The van der Waals surface area contributed by atoms with Crippen LogP contribution in [0.5, 0.6) is 0 Å². The van der Waals surface area contributed by atoms with E-state index in [0.717, 1.165) is 4.68 Å². The molecule has 0 radical (unpaired) electrons. The van der Waals surface area contributed by atoms with Crippen molar-refractivity contribution in [2.24, 2.45) is 0 Å². The quantitative estimate of drug-likeness (QED) is 0.228. The van der Waals surface area contributed by atoms with Crippen molar-refractivity contribution in [2.45, 2.75) is 26.3 Å². The lowest BCUT2D eigenvalue weighted by molar-refractivity contribution is -0.141. The van der Waals surface area contributed by atoms with Gasteiger partial charge in [-0.2, -0.15) is 10.2 Å². The van der Waals surface area contributed by atoms with Crippen LogP contribution in [0.15, 0.2) is 36.5 Å². The van der Waals surface area contributed by atoms with E-state index in [2.05, 4.69) is 25.6 Å². The van der Waals surface area contributed by atoms with E-state index >= 15 is 4.39 Å². The predicted octanol–water partition coefficient (Wildman–Crippen LogP) is 1.53. The standard InChI is InChI=1S/C26H25FN6O6/c1-15-26-17(18-10-21-16(9-19(18)27)11-30-33(21)24(37)7-4-8-34)5-3-6-20(26)32(31-15)14-23(36)28-12-22(35)29-13-25(38)39-2/h3,5-6,8-11H,4,7,12-14H2,1-2H3,(H,28,36)(H,29,35). The highest BCUT2D eigenvalue weighted by Gasteiger charge is 2.19. The van der Waals surface area contributed by atoms with Crippen LogP contribution in [0.4, 0.5) is 4.39 Å². The second kappa shape index (κ2) is 11.6. The molecular formula is C26H25FN6O6. The first kappa shape index (κ1) is 27.1. The van der Waals surface area contributed by atoms with Gasteiger partial charge in [-0.15, -0.1) is 0 Å². The SMILES string of the molecule is COC(=O)CNC(=O)CNC(=O)Cn1nc(C)c2c(-c3cc4c(cnn4C(=O)CCC=O)cc3F)cccc21. The number of rotatable bonds is 10. The summed E-state index contributed by atoms with van der Waals surface area (Å²) in [5, 5.41) is 14.3. The van der Waals surface area contributed by atoms with Crippen LogP contribution in [0.1, 0.15) is 23.3 Å². The Bertz CT molecular complexity index is 1610. The summed E-state index contributed by atoms with van der Waals surface area (Å²) >= 11 is 0. The Morgan fingerprint density at radius 3 is 2.56 bits per heavy atom. The number of aldehydes is 1. The molecule has 0 atom stereocenters. The summed E-state index contributed by atoms with van der Waals surface area (Å²) in [6.45, 7) is 0.860. The number of ether oxygens (including phenoxy) is 1. The number of methoxy groups -OCH3 is 1. The minimum Gasteiger partial charge on any atom is -0.468 e. The van der Waals surface area contributed by atoms with Gasteiger partial charge in [0.1, 0.15) is 25.2 Å². The lowest BCUT2D eigenvalue weighted by Crippen LogP contribution is -2.40. The molecular weight excluding hydrogens is 511 g/mol. The molecule has 2 aromatic heterocycles. The Morgan fingerprint density at radius 2 is 1.82 bits per heavy atom. The first-order chi connectivity index (χ1) is 18.7. The number of fused-ring (bicyclic) bond motifs is 2. The Balaban J connectivity index is 1.60. The fraction of sp³-hybridized carbons (Fsp3) is 0.269. The molecule has 2 amide bonds. The minimum atomic E-state index is -0.617. The molecule has 0 aliphatic heterocycles. The summed E-state index contributed by atoms with van der Waals surface area (Å²) in [5.41, 5.74) is 2.22. The summed E-state index contributed by atoms with van der Waals surface area (Å²) in [6, 6.07) is 7.97. The number of nitrogens with zero attached hydrogens (tertiary/aromatic N) is 4. The highest BCUT2D eigenvalue weighted by molar-refractivity contribution is 6.00. The number of hydrogen-bond acceptors (Lipinski definition) is 8. The maximum absolute atomic E-state index is 15.3. The first-order valence-electron chi connectivity index (χ1n) is 11.9. The number of nitrogens with one attached hydrogen (secondary N) is 2. The number of hydrogen-bond donors (Lipinski definition) is 2. The van der Waals surface area contributed by atoms with E-state index in [4.69, 9.17) is 0 Å². The summed E-state index contributed by atoms with van der Waals surface area (Å²) in [5.74, 6) is -2.59. The van der Waals surface area contributed by atoms with Crippen molar-refractivity contribution in [3.05, 3.63) is 48.0 Å². The van der Waals surface area contributed by atoms with Gasteiger partial charge in [0.25, 0.3) is 0 Å². The zero-order chi connectivity index (χ0) is 28.1. The van der Waals surface area contributed by atoms with E-state index in [1.807, 2.05) is 0 Å². The Labute approximate surface area is 221 Å². The molecule has 0 fully saturated rings. The maximum Gasteiger partial charge on any atom is 0.325 e. The van der Waals surface area contributed by atoms with Crippen LogP contribution in [-0.4, -0.2) is 69.7 Å². The molecule has 0 unspecified atom stereocenters. The average molecular weight is 537 g/mol. The highest BCUT2D eigenvalue weighted by Crippen LogP contribution is 2.34. The summed E-state index contributed by atoms with van der Waals surface area (Å²) in [4.78, 5) is 58.6. The fourth-order valence-corrected chi connectivity index (χ4v) is 4.18. The normalized spacial score (nSPS) is 10.9. The molecule has 13 heteroatoms. The van der Waals surface area contributed by atoms with E-state index in [1.54, 1.807) is 25.1 Å². The van der Waals surface area contributed by atoms with E-state index in [9.17, 15) is 24.0 Å². The van der Waals surface area contributed by atoms with Gasteiger partial charge < -0.3 is 20.2 Å². The van der Waals surface area contributed by atoms with Gasteiger partial charge in [0.15, 0.2) is 0 Å².